The summed E-state index contributed by atoms with van der Waals surface area (Å²) in [5.74, 6) is -2.30. The second-order valence-electron chi connectivity index (χ2n) is 18.9. The number of aliphatic hydroxyl groups is 1. The summed E-state index contributed by atoms with van der Waals surface area (Å²) in [7, 11) is -4.22. The van der Waals surface area contributed by atoms with E-state index in [0.717, 1.165) is 24.8 Å². The smallest absolute Gasteiger partial charge is 0.303 e. The van der Waals surface area contributed by atoms with Crippen molar-refractivity contribution < 1.29 is 61.2 Å². The van der Waals surface area contributed by atoms with Gasteiger partial charge in [0.25, 0.3) is 10.0 Å². The van der Waals surface area contributed by atoms with Crippen molar-refractivity contribution in [1.82, 2.24) is 20.7 Å². The van der Waals surface area contributed by atoms with E-state index in [9.17, 15) is 42.3 Å². The molecule has 2 aromatic rings. The van der Waals surface area contributed by atoms with Crippen LogP contribution >= 0.6 is 0 Å². The third-order valence-electron chi connectivity index (χ3n) is 12.8. The molecule has 2 aromatic carbocycles. The standard InChI is InChI=1S/C52H72N6O13S/c1-33(14-22-44-34(2)27-43(36(4)70-44)57-47(61)24-16-35(3)69-37(5)59)15-23-45-51(65)52(32-68-52)29-40(71-45)28-49(63)54-30-38-17-20-41(21-18-38)72(66,67)58-48(62)25-19-39-11-8-9-12-42(39)56-50(64)31-55-46(60)13-7-6-10-26-53/h8-9,11-12,14-18,20-21,23-24,34-36,40,43-45,51,65H,6-7,10,13,19,22,25-32,53H2,1-5H3,(H,54,63)(H,55,60)(H,56,64)(H,57,61)(H,58,62)/t34-,35-,36+,40+,43+,44-,45+,51+,52+/m0/s1. The Labute approximate surface area is 422 Å². The van der Waals surface area contributed by atoms with Crippen LogP contribution in [0.5, 0.6) is 0 Å². The van der Waals surface area contributed by atoms with E-state index < -0.39 is 57.8 Å². The van der Waals surface area contributed by atoms with Gasteiger partial charge in [0.05, 0.1) is 48.8 Å². The van der Waals surface area contributed by atoms with Crippen LogP contribution in [0.25, 0.3) is 0 Å². The normalized spacial score (nSPS) is 24.6. The third kappa shape index (κ3) is 18.4. The molecule has 0 bridgehead atoms. The Morgan fingerprint density at radius 2 is 1.65 bits per heavy atom. The van der Waals surface area contributed by atoms with Crippen molar-refractivity contribution in [2.45, 2.75) is 159 Å². The number of aliphatic hydroxyl groups excluding tert-OH is 1. The number of amides is 5. The molecule has 0 radical (unpaired) electrons. The zero-order valence-corrected chi connectivity index (χ0v) is 42.7. The van der Waals surface area contributed by atoms with E-state index >= 15 is 0 Å². The molecule has 19 nitrogen and oxygen atoms in total. The molecule has 20 heteroatoms. The molecule has 1 spiro atoms. The van der Waals surface area contributed by atoms with Crippen LogP contribution in [0.1, 0.15) is 104 Å². The molecule has 9 atom stereocenters. The van der Waals surface area contributed by atoms with Gasteiger partial charge in [-0.05, 0) is 101 Å². The van der Waals surface area contributed by atoms with Crippen LogP contribution in [0.15, 0.2) is 89.4 Å². The van der Waals surface area contributed by atoms with Gasteiger partial charge in [0, 0.05) is 44.5 Å². The van der Waals surface area contributed by atoms with E-state index in [2.05, 4.69) is 39.0 Å². The Bertz CT molecular complexity index is 2400. The zero-order chi connectivity index (χ0) is 52.4. The van der Waals surface area contributed by atoms with Crippen molar-refractivity contribution in [2.24, 2.45) is 11.7 Å². The number of nitrogens with two attached hydrogens (primary N) is 1. The van der Waals surface area contributed by atoms with Crippen molar-refractivity contribution in [1.29, 1.82) is 0 Å². The molecule has 394 valence electrons. The van der Waals surface area contributed by atoms with Gasteiger partial charge in [-0.3, -0.25) is 28.8 Å². The molecule has 3 heterocycles. The molecule has 72 heavy (non-hydrogen) atoms. The van der Waals surface area contributed by atoms with Crippen LogP contribution in [-0.4, -0.2) is 117 Å². The number of epoxide rings is 1. The highest BCUT2D eigenvalue weighted by molar-refractivity contribution is 7.90. The summed E-state index contributed by atoms with van der Waals surface area (Å²) < 4.78 is 51.6. The van der Waals surface area contributed by atoms with Gasteiger partial charge in [-0.2, -0.15) is 0 Å². The molecule has 0 aliphatic carbocycles. The molecule has 5 amide bonds. The highest BCUT2D eigenvalue weighted by atomic mass is 32.2. The molecule has 3 saturated heterocycles. The molecule has 0 saturated carbocycles. The van der Waals surface area contributed by atoms with Crippen LogP contribution in [0, 0.1) is 5.92 Å². The minimum Gasteiger partial charge on any atom is -0.459 e. The molecule has 0 unspecified atom stereocenters. The number of para-hydroxylation sites is 1. The minimum absolute atomic E-state index is 0.00104. The number of aryl methyl sites for hydroxylation is 1. The first-order chi connectivity index (χ1) is 34.2. The third-order valence-corrected chi connectivity index (χ3v) is 14.2. The summed E-state index contributed by atoms with van der Waals surface area (Å²) in [5, 5.41) is 22.3. The Morgan fingerprint density at radius 1 is 0.917 bits per heavy atom. The maximum absolute atomic E-state index is 13.1. The van der Waals surface area contributed by atoms with Crippen molar-refractivity contribution in [2.75, 3.05) is 25.0 Å². The van der Waals surface area contributed by atoms with Crippen LogP contribution < -0.4 is 31.7 Å². The maximum atomic E-state index is 13.1. The number of benzene rings is 2. The summed E-state index contributed by atoms with van der Waals surface area (Å²) in [6.45, 7) is 9.71. The predicted octanol–water partition coefficient (Wildman–Crippen LogP) is 3.69. The Morgan fingerprint density at radius 3 is 2.36 bits per heavy atom. The van der Waals surface area contributed by atoms with Crippen LogP contribution in [0.4, 0.5) is 5.69 Å². The van der Waals surface area contributed by atoms with Crippen LogP contribution in [0.2, 0.25) is 0 Å². The monoisotopic (exact) mass is 1020 g/mol. The maximum Gasteiger partial charge on any atom is 0.303 e. The van der Waals surface area contributed by atoms with E-state index in [1.807, 2.05) is 19.9 Å². The Hall–Kier alpha value is -5.77. The number of allylic oxidation sites excluding steroid dienone is 2. The second kappa shape index (κ2) is 27.3. The van der Waals surface area contributed by atoms with E-state index in [1.54, 1.807) is 37.3 Å². The number of rotatable bonds is 25. The van der Waals surface area contributed by atoms with Crippen molar-refractivity contribution in [3.05, 3.63) is 95.6 Å². The first-order valence-electron chi connectivity index (χ1n) is 24.7. The average molecular weight is 1020 g/mol. The zero-order valence-electron chi connectivity index (χ0n) is 41.9. The van der Waals surface area contributed by atoms with Gasteiger partial charge in [-0.1, -0.05) is 67.5 Å². The molecule has 0 aromatic heterocycles. The fourth-order valence-electron chi connectivity index (χ4n) is 8.59. The van der Waals surface area contributed by atoms with E-state index in [0.29, 0.717) is 55.6 Å². The second-order valence-corrected chi connectivity index (χ2v) is 20.6. The molecule has 5 rings (SSSR count). The van der Waals surface area contributed by atoms with Crippen molar-refractivity contribution >= 4 is 51.2 Å². The highest BCUT2D eigenvalue weighted by Gasteiger charge is 2.58. The summed E-state index contributed by atoms with van der Waals surface area (Å²) in [6, 6.07) is 12.4. The molecule has 3 aliphatic heterocycles. The Balaban J connectivity index is 1.04. The first kappa shape index (κ1) is 57.1. The number of carbonyl (C=O) groups excluding carboxylic acids is 6. The molecule has 3 aliphatic rings. The molecular weight excluding hydrogens is 949 g/mol. The van der Waals surface area contributed by atoms with Crippen molar-refractivity contribution in [3.63, 3.8) is 0 Å². The lowest BCUT2D eigenvalue weighted by atomic mass is 9.87. The van der Waals surface area contributed by atoms with Crippen LogP contribution in [0.3, 0.4) is 0 Å². The van der Waals surface area contributed by atoms with Gasteiger partial charge in [-0.25, -0.2) is 13.1 Å². The number of hydrogen-bond acceptors (Lipinski definition) is 14. The van der Waals surface area contributed by atoms with Gasteiger partial charge < -0.3 is 51.1 Å². The highest BCUT2D eigenvalue weighted by Crippen LogP contribution is 2.43. The number of nitrogens with one attached hydrogen (secondary N) is 5. The number of esters is 1. The average Bonchev–Trinajstić information content (AvgIpc) is 4.11. The number of ether oxygens (including phenoxy) is 4. The Kier molecular flexibility index (Phi) is 21.7. The number of sulfonamides is 1. The number of hydrogen-bond donors (Lipinski definition) is 7. The quantitative estimate of drug-likeness (QED) is 0.0246. The minimum atomic E-state index is -4.22. The fourth-order valence-corrected chi connectivity index (χ4v) is 9.60. The lowest BCUT2D eigenvalue weighted by molar-refractivity contribution is -0.145. The summed E-state index contributed by atoms with van der Waals surface area (Å²) in [5.41, 5.74) is 7.26. The number of unbranched alkanes of at least 4 members (excludes halogenated alkanes) is 2. The number of carbonyl (C=O) groups is 6. The van der Waals surface area contributed by atoms with Gasteiger partial charge in [0.15, 0.2) is 0 Å². The van der Waals surface area contributed by atoms with Gasteiger partial charge in [0.1, 0.15) is 23.9 Å². The summed E-state index contributed by atoms with van der Waals surface area (Å²) in [4.78, 5) is 74.1. The van der Waals surface area contributed by atoms with Gasteiger partial charge >= 0.3 is 5.97 Å². The van der Waals surface area contributed by atoms with E-state index in [4.69, 9.17) is 24.7 Å². The van der Waals surface area contributed by atoms with Gasteiger partial charge in [0.2, 0.25) is 29.5 Å². The molecular formula is C52H72N6O13S. The number of anilines is 1. The summed E-state index contributed by atoms with van der Waals surface area (Å²) >= 11 is 0. The van der Waals surface area contributed by atoms with Crippen LogP contribution in [-0.2, 0) is 70.7 Å². The largest absolute Gasteiger partial charge is 0.459 e. The molecule has 8 N–H and O–H groups in total. The molecule has 3 fully saturated rings. The fraction of sp³-hybridized carbons (Fsp3) is 0.538. The predicted molar refractivity (Wildman–Crippen MR) is 268 cm³/mol. The lowest BCUT2D eigenvalue weighted by Crippen LogP contribution is -2.50. The van der Waals surface area contributed by atoms with Gasteiger partial charge in [-0.15, -0.1) is 0 Å². The van der Waals surface area contributed by atoms with Crippen molar-refractivity contribution in [3.8, 4) is 0 Å². The van der Waals surface area contributed by atoms with E-state index in [-0.39, 0.29) is 79.1 Å². The topological polar surface area (TPSA) is 283 Å². The summed E-state index contributed by atoms with van der Waals surface area (Å²) in [6.07, 6.45) is 9.82. The first-order valence-corrected chi connectivity index (χ1v) is 26.1. The SMILES string of the molecule is CC(=O)O[C@@H](C)C=CC(=O)N[C@@H]1C[C@H](C)[C@H](CC=C(C)C=C[C@H]2O[C@H](CC(=O)NCc3ccc(S(=O)(=O)NC(=O)CCc4ccccc4NC(=O)CNC(=O)CCCCCN)cc3)C[C@@]3(CO3)[C@@H]2O)O[C@@H]1C. The van der Waals surface area contributed by atoms with E-state index in [1.165, 1.54) is 43.3 Å². The lowest BCUT2D eigenvalue weighted by Gasteiger charge is -2.39.